The monoisotopic (exact) mass is 207 g/mol. The molecule has 4 N–H and O–H groups in total. The van der Waals surface area contributed by atoms with E-state index in [1.54, 1.807) is 0 Å². The van der Waals surface area contributed by atoms with E-state index in [2.05, 4.69) is 4.98 Å². The van der Waals surface area contributed by atoms with Crippen molar-refractivity contribution in [2.45, 2.75) is 13.0 Å². The summed E-state index contributed by atoms with van der Waals surface area (Å²) in [7, 11) is 0. The molecule has 0 amide bonds. The van der Waals surface area contributed by atoms with Gasteiger partial charge < -0.3 is 11.5 Å². The Kier molecular flexibility index (Phi) is 3.00. The highest BCUT2D eigenvalue weighted by Crippen LogP contribution is 2.31. The highest BCUT2D eigenvalue weighted by Gasteiger charge is 2.18. The Morgan fingerprint density at radius 3 is 2.62 bits per heavy atom. The van der Waals surface area contributed by atoms with E-state index in [1.165, 1.54) is 6.20 Å². The highest BCUT2D eigenvalue weighted by molar-refractivity contribution is 6.33. The fourth-order valence-electron chi connectivity index (χ4n) is 0.964. The predicted molar refractivity (Wildman–Crippen MR) is 46.5 cm³/mol. The van der Waals surface area contributed by atoms with E-state index in [-0.39, 0.29) is 28.5 Å². The Bertz CT molecular complexity index is 317. The third-order valence-electron chi connectivity index (χ3n) is 1.60. The van der Waals surface area contributed by atoms with Gasteiger partial charge in [0.1, 0.15) is 0 Å². The molecule has 0 radical (unpaired) electrons. The van der Waals surface area contributed by atoms with Crippen LogP contribution in [0.25, 0.3) is 0 Å². The van der Waals surface area contributed by atoms with Crippen LogP contribution in [0.5, 0.6) is 0 Å². The number of hydrogen-bond acceptors (Lipinski definition) is 3. The van der Waals surface area contributed by atoms with Gasteiger partial charge in [0.25, 0.3) is 6.43 Å². The van der Waals surface area contributed by atoms with Crippen molar-refractivity contribution in [1.29, 1.82) is 0 Å². The molecule has 0 atom stereocenters. The summed E-state index contributed by atoms with van der Waals surface area (Å²) in [6, 6.07) is 0. The number of alkyl halides is 2. The summed E-state index contributed by atoms with van der Waals surface area (Å²) in [5.74, 6) is 0. The van der Waals surface area contributed by atoms with Crippen molar-refractivity contribution in [3.8, 4) is 0 Å². The van der Waals surface area contributed by atoms with E-state index in [9.17, 15) is 8.78 Å². The molecule has 0 saturated carbocycles. The number of nitrogens with zero attached hydrogens (tertiary/aromatic N) is 1. The molecule has 0 fully saturated rings. The molecule has 0 aliphatic heterocycles. The molecule has 0 unspecified atom stereocenters. The fourth-order valence-corrected chi connectivity index (χ4v) is 1.11. The quantitative estimate of drug-likeness (QED) is 0.776. The van der Waals surface area contributed by atoms with Crippen LogP contribution in [0.2, 0.25) is 5.02 Å². The normalized spacial score (nSPS) is 10.8. The SMILES string of the molecule is NCc1ncc(Cl)c(N)c1C(F)F. The Balaban J connectivity index is 3.32. The van der Waals surface area contributed by atoms with Gasteiger partial charge in [-0.1, -0.05) is 11.6 Å². The molecule has 1 heterocycles. The summed E-state index contributed by atoms with van der Waals surface area (Å²) >= 11 is 5.53. The zero-order valence-corrected chi connectivity index (χ0v) is 7.35. The first-order valence-electron chi connectivity index (χ1n) is 3.49. The summed E-state index contributed by atoms with van der Waals surface area (Å²) < 4.78 is 24.8. The zero-order chi connectivity index (χ0) is 10.0. The third kappa shape index (κ3) is 1.87. The number of aromatic nitrogens is 1. The highest BCUT2D eigenvalue weighted by atomic mass is 35.5. The second-order valence-corrected chi connectivity index (χ2v) is 2.79. The molecule has 0 bridgehead atoms. The van der Waals surface area contributed by atoms with Gasteiger partial charge in [0.15, 0.2) is 0 Å². The molecule has 1 rings (SSSR count). The molecule has 0 spiro atoms. The maximum atomic E-state index is 12.4. The zero-order valence-electron chi connectivity index (χ0n) is 6.60. The summed E-state index contributed by atoms with van der Waals surface area (Å²) in [5.41, 5.74) is 10.1. The largest absolute Gasteiger partial charge is 0.397 e. The van der Waals surface area contributed by atoms with E-state index in [1.807, 2.05) is 0 Å². The molecule has 1 aromatic heterocycles. The van der Waals surface area contributed by atoms with Crippen molar-refractivity contribution in [2.24, 2.45) is 5.73 Å². The van der Waals surface area contributed by atoms with Crippen molar-refractivity contribution in [2.75, 3.05) is 5.73 Å². The molecular weight excluding hydrogens is 200 g/mol. The van der Waals surface area contributed by atoms with Crippen molar-refractivity contribution >= 4 is 17.3 Å². The van der Waals surface area contributed by atoms with E-state index in [0.717, 1.165) is 0 Å². The fraction of sp³-hybridized carbons (Fsp3) is 0.286. The van der Waals surface area contributed by atoms with Gasteiger partial charge in [0.05, 0.1) is 22.0 Å². The number of rotatable bonds is 2. The Hall–Kier alpha value is -0.940. The lowest BCUT2D eigenvalue weighted by molar-refractivity contribution is 0.150. The van der Waals surface area contributed by atoms with Crippen LogP contribution in [0.1, 0.15) is 17.7 Å². The molecule has 0 saturated heterocycles. The number of hydrogen-bond donors (Lipinski definition) is 2. The molecule has 13 heavy (non-hydrogen) atoms. The maximum absolute atomic E-state index is 12.4. The number of anilines is 1. The van der Waals surface area contributed by atoms with E-state index >= 15 is 0 Å². The van der Waals surface area contributed by atoms with Gasteiger partial charge in [-0.3, -0.25) is 4.98 Å². The van der Waals surface area contributed by atoms with E-state index in [0.29, 0.717) is 0 Å². The summed E-state index contributed by atoms with van der Waals surface area (Å²) in [6.07, 6.45) is -1.49. The second kappa shape index (κ2) is 3.85. The Morgan fingerprint density at radius 1 is 1.54 bits per heavy atom. The van der Waals surface area contributed by atoms with Gasteiger partial charge in [-0.05, 0) is 0 Å². The predicted octanol–water partition coefficient (Wildman–Crippen LogP) is 1.71. The van der Waals surface area contributed by atoms with Crippen LogP contribution in [0.3, 0.4) is 0 Å². The first-order chi connectivity index (χ1) is 6.07. The van der Waals surface area contributed by atoms with Crippen molar-refractivity contribution in [3.05, 3.63) is 22.5 Å². The van der Waals surface area contributed by atoms with Crippen LogP contribution in [0.15, 0.2) is 6.20 Å². The van der Waals surface area contributed by atoms with Crippen LogP contribution in [-0.4, -0.2) is 4.98 Å². The average molecular weight is 208 g/mol. The minimum atomic E-state index is -2.70. The molecule has 0 aliphatic carbocycles. The van der Waals surface area contributed by atoms with Crippen LogP contribution in [0.4, 0.5) is 14.5 Å². The molecule has 0 aliphatic rings. The maximum Gasteiger partial charge on any atom is 0.267 e. The number of nitrogen functional groups attached to an aromatic ring is 1. The number of halogens is 3. The smallest absolute Gasteiger partial charge is 0.267 e. The number of nitrogens with two attached hydrogens (primary N) is 2. The van der Waals surface area contributed by atoms with Crippen molar-refractivity contribution in [1.82, 2.24) is 4.98 Å². The first-order valence-corrected chi connectivity index (χ1v) is 3.86. The third-order valence-corrected chi connectivity index (χ3v) is 1.90. The minimum absolute atomic E-state index is 0.0208. The molecule has 1 aromatic rings. The summed E-state index contributed by atoms with van der Waals surface area (Å²) in [5, 5.41) is 0.0208. The molecule has 6 heteroatoms. The first kappa shape index (κ1) is 10.1. The second-order valence-electron chi connectivity index (χ2n) is 2.39. The van der Waals surface area contributed by atoms with Crippen LogP contribution in [0, 0.1) is 0 Å². The summed E-state index contributed by atoms with van der Waals surface area (Å²) in [4.78, 5) is 3.66. The molecular formula is C7H8ClF2N3. The van der Waals surface area contributed by atoms with Gasteiger partial charge in [-0.25, -0.2) is 8.78 Å². The Morgan fingerprint density at radius 2 is 2.15 bits per heavy atom. The van der Waals surface area contributed by atoms with E-state index in [4.69, 9.17) is 23.1 Å². The van der Waals surface area contributed by atoms with Crippen molar-refractivity contribution in [3.63, 3.8) is 0 Å². The molecule has 0 aromatic carbocycles. The average Bonchev–Trinajstić information content (AvgIpc) is 2.08. The van der Waals surface area contributed by atoms with Gasteiger partial charge >= 0.3 is 0 Å². The van der Waals surface area contributed by atoms with Gasteiger partial charge in [-0.2, -0.15) is 0 Å². The van der Waals surface area contributed by atoms with Gasteiger partial charge in [0, 0.05) is 12.7 Å². The minimum Gasteiger partial charge on any atom is -0.397 e. The van der Waals surface area contributed by atoms with Crippen LogP contribution < -0.4 is 11.5 Å². The van der Waals surface area contributed by atoms with Crippen LogP contribution in [-0.2, 0) is 6.54 Å². The van der Waals surface area contributed by atoms with Gasteiger partial charge in [-0.15, -0.1) is 0 Å². The van der Waals surface area contributed by atoms with Crippen LogP contribution >= 0.6 is 11.6 Å². The molecule has 72 valence electrons. The molecule has 3 nitrogen and oxygen atoms in total. The lowest BCUT2D eigenvalue weighted by Crippen LogP contribution is -2.08. The van der Waals surface area contributed by atoms with Gasteiger partial charge in [0.2, 0.25) is 0 Å². The summed E-state index contributed by atoms with van der Waals surface area (Å²) in [6.45, 7) is -0.0823. The standard InChI is InChI=1S/C7H8ClF2N3/c8-3-2-13-4(1-11)5(6(3)12)7(9)10/h2,7H,1,11H2,(H2,12,13). The van der Waals surface area contributed by atoms with E-state index < -0.39 is 6.43 Å². The lowest BCUT2D eigenvalue weighted by atomic mass is 10.1. The Labute approximate surface area is 78.7 Å². The lowest BCUT2D eigenvalue weighted by Gasteiger charge is -2.09. The van der Waals surface area contributed by atoms with Crippen molar-refractivity contribution < 1.29 is 8.78 Å². The number of pyridine rings is 1. The topological polar surface area (TPSA) is 64.9 Å².